The van der Waals surface area contributed by atoms with E-state index in [9.17, 15) is 0 Å². The Morgan fingerprint density at radius 2 is 2.21 bits per heavy atom. The van der Waals surface area contributed by atoms with Crippen LogP contribution in [0.15, 0.2) is 24.3 Å². The van der Waals surface area contributed by atoms with Gasteiger partial charge in [0.2, 0.25) is 0 Å². The first-order valence-electron chi connectivity index (χ1n) is 4.68. The monoisotopic (exact) mass is 225 g/mol. The summed E-state index contributed by atoms with van der Waals surface area (Å²) in [5.74, 6) is 0. The van der Waals surface area contributed by atoms with Crippen molar-refractivity contribution < 1.29 is 0 Å². The lowest BCUT2D eigenvalue weighted by molar-refractivity contribution is 0.843. The van der Waals surface area contributed by atoms with E-state index in [2.05, 4.69) is 12.1 Å². The van der Waals surface area contributed by atoms with Crippen molar-refractivity contribution in [1.29, 1.82) is 0 Å². The van der Waals surface area contributed by atoms with Crippen molar-refractivity contribution in [2.45, 2.75) is 12.8 Å². The van der Waals surface area contributed by atoms with Crippen LogP contribution in [0.2, 0.25) is 5.02 Å². The molecule has 1 aromatic heterocycles. The van der Waals surface area contributed by atoms with Crippen LogP contribution in [0.3, 0.4) is 0 Å². The van der Waals surface area contributed by atoms with Crippen LogP contribution < -0.4 is 5.73 Å². The molecule has 74 valence electrons. The topological polar surface area (TPSA) is 26.0 Å². The molecular weight excluding hydrogens is 214 g/mol. The number of halogens is 1. The zero-order valence-corrected chi connectivity index (χ0v) is 9.37. The third kappa shape index (κ3) is 1.92. The lowest BCUT2D eigenvalue weighted by Crippen LogP contribution is -1.99. The first kappa shape index (κ1) is 9.97. The number of nitrogens with two attached hydrogens (primary N) is 1. The average molecular weight is 226 g/mol. The minimum atomic E-state index is 0.752. The molecule has 0 radical (unpaired) electrons. The molecule has 0 aliphatic rings. The van der Waals surface area contributed by atoms with Crippen molar-refractivity contribution in [3.8, 4) is 0 Å². The zero-order chi connectivity index (χ0) is 9.97. The quantitative estimate of drug-likeness (QED) is 0.851. The van der Waals surface area contributed by atoms with Crippen molar-refractivity contribution in [2.75, 3.05) is 6.54 Å². The summed E-state index contributed by atoms with van der Waals surface area (Å²) in [6, 6.07) is 8.22. The van der Waals surface area contributed by atoms with Crippen molar-refractivity contribution in [3.63, 3.8) is 0 Å². The minimum absolute atomic E-state index is 0.752. The molecule has 1 aromatic carbocycles. The fourth-order valence-corrected chi connectivity index (χ4v) is 2.89. The summed E-state index contributed by atoms with van der Waals surface area (Å²) < 4.78 is 1.27. The Balaban J connectivity index is 2.36. The van der Waals surface area contributed by atoms with E-state index in [-0.39, 0.29) is 0 Å². The van der Waals surface area contributed by atoms with E-state index >= 15 is 0 Å². The third-order valence-corrected chi connectivity index (χ3v) is 3.68. The van der Waals surface area contributed by atoms with Gasteiger partial charge in [-0.25, -0.2) is 0 Å². The smallest absolute Gasteiger partial charge is 0.0492 e. The number of aryl methyl sites for hydroxylation is 1. The zero-order valence-electron chi connectivity index (χ0n) is 7.79. The lowest BCUT2D eigenvalue weighted by Gasteiger charge is -1.91. The molecule has 0 saturated carbocycles. The highest BCUT2D eigenvalue weighted by molar-refractivity contribution is 7.19. The van der Waals surface area contributed by atoms with E-state index in [1.807, 2.05) is 23.5 Å². The lowest BCUT2D eigenvalue weighted by atomic mass is 10.2. The highest BCUT2D eigenvalue weighted by Gasteiger charge is 2.03. The molecule has 0 spiro atoms. The summed E-state index contributed by atoms with van der Waals surface area (Å²) in [4.78, 5) is 1.37. The van der Waals surface area contributed by atoms with Crippen molar-refractivity contribution >= 4 is 33.0 Å². The van der Waals surface area contributed by atoms with E-state index in [1.165, 1.54) is 15.0 Å². The number of rotatable bonds is 3. The largest absolute Gasteiger partial charge is 0.330 e. The van der Waals surface area contributed by atoms with Gasteiger partial charge >= 0.3 is 0 Å². The standard InChI is InChI=1S/C11H12ClNS/c12-10-4-1-5-11-9(10)7-8(14-11)3-2-6-13/h1,4-5,7H,2-3,6,13H2. The Kier molecular flexibility index (Phi) is 3.06. The Hall–Kier alpha value is -0.570. The molecule has 0 unspecified atom stereocenters. The third-order valence-electron chi connectivity index (χ3n) is 2.19. The molecule has 1 nitrogen and oxygen atoms in total. The van der Waals surface area contributed by atoms with Crippen LogP contribution in [-0.2, 0) is 6.42 Å². The van der Waals surface area contributed by atoms with E-state index in [0.717, 1.165) is 24.4 Å². The maximum Gasteiger partial charge on any atom is 0.0492 e. The van der Waals surface area contributed by atoms with Gasteiger partial charge < -0.3 is 5.73 Å². The molecule has 0 atom stereocenters. The first-order valence-corrected chi connectivity index (χ1v) is 5.87. The highest BCUT2D eigenvalue weighted by Crippen LogP contribution is 2.31. The fraction of sp³-hybridized carbons (Fsp3) is 0.273. The number of benzene rings is 1. The fourth-order valence-electron chi connectivity index (χ4n) is 1.48. The Labute approximate surface area is 92.5 Å². The Morgan fingerprint density at radius 3 is 2.93 bits per heavy atom. The number of fused-ring (bicyclic) bond motifs is 1. The SMILES string of the molecule is NCCCc1cc2c(Cl)cccc2s1. The maximum atomic E-state index is 6.09. The van der Waals surface area contributed by atoms with Crippen LogP contribution in [-0.4, -0.2) is 6.54 Å². The second-order valence-electron chi connectivity index (χ2n) is 3.26. The van der Waals surface area contributed by atoms with Crippen LogP contribution in [0, 0.1) is 0 Å². The summed E-state index contributed by atoms with van der Waals surface area (Å²) in [6.45, 7) is 0.752. The molecule has 2 aromatic rings. The first-order chi connectivity index (χ1) is 6.81. The summed E-state index contributed by atoms with van der Waals surface area (Å²) >= 11 is 7.90. The van der Waals surface area contributed by atoms with Crippen molar-refractivity contribution in [2.24, 2.45) is 5.73 Å². The number of hydrogen-bond acceptors (Lipinski definition) is 2. The predicted molar refractivity (Wildman–Crippen MR) is 64.2 cm³/mol. The molecule has 0 fully saturated rings. The van der Waals surface area contributed by atoms with Gasteiger partial charge in [0, 0.05) is 20.0 Å². The van der Waals surface area contributed by atoms with Gasteiger partial charge in [-0.05, 0) is 37.6 Å². The molecule has 2 rings (SSSR count). The predicted octanol–water partition coefficient (Wildman–Crippen LogP) is 3.45. The van der Waals surface area contributed by atoms with Gasteiger partial charge in [0.15, 0.2) is 0 Å². The van der Waals surface area contributed by atoms with Crippen LogP contribution in [0.25, 0.3) is 10.1 Å². The number of hydrogen-bond donors (Lipinski definition) is 1. The maximum absolute atomic E-state index is 6.09. The van der Waals surface area contributed by atoms with Gasteiger partial charge in [0.25, 0.3) is 0 Å². The van der Waals surface area contributed by atoms with Crippen LogP contribution in [0.1, 0.15) is 11.3 Å². The summed E-state index contributed by atoms with van der Waals surface area (Å²) in [5.41, 5.74) is 5.48. The highest BCUT2D eigenvalue weighted by atomic mass is 35.5. The van der Waals surface area contributed by atoms with Crippen molar-refractivity contribution in [3.05, 3.63) is 34.2 Å². The van der Waals surface area contributed by atoms with Crippen LogP contribution in [0.4, 0.5) is 0 Å². The van der Waals surface area contributed by atoms with E-state index < -0.39 is 0 Å². The second-order valence-corrected chi connectivity index (χ2v) is 4.83. The van der Waals surface area contributed by atoms with Gasteiger partial charge in [-0.15, -0.1) is 11.3 Å². The molecule has 3 heteroatoms. The van der Waals surface area contributed by atoms with Crippen LogP contribution >= 0.6 is 22.9 Å². The summed E-state index contributed by atoms with van der Waals surface area (Å²) in [5, 5.41) is 2.02. The van der Waals surface area contributed by atoms with Crippen molar-refractivity contribution in [1.82, 2.24) is 0 Å². The molecule has 1 heterocycles. The van der Waals surface area contributed by atoms with Gasteiger partial charge in [0.1, 0.15) is 0 Å². The van der Waals surface area contributed by atoms with Gasteiger partial charge in [-0.1, -0.05) is 17.7 Å². The normalized spacial score (nSPS) is 11.0. The molecule has 0 saturated heterocycles. The van der Waals surface area contributed by atoms with E-state index in [1.54, 1.807) is 0 Å². The number of thiophene rings is 1. The average Bonchev–Trinajstić information content (AvgIpc) is 2.59. The summed E-state index contributed by atoms with van der Waals surface area (Å²) in [7, 11) is 0. The Bertz CT molecular complexity index is 436. The van der Waals surface area contributed by atoms with Crippen LogP contribution in [0.5, 0.6) is 0 Å². The molecule has 0 aliphatic heterocycles. The van der Waals surface area contributed by atoms with Gasteiger partial charge in [-0.3, -0.25) is 0 Å². The van der Waals surface area contributed by atoms with Gasteiger partial charge in [0.05, 0.1) is 0 Å². The molecule has 0 aliphatic carbocycles. The van der Waals surface area contributed by atoms with Gasteiger partial charge in [-0.2, -0.15) is 0 Å². The van der Waals surface area contributed by atoms with E-state index in [0.29, 0.717) is 0 Å². The molecule has 2 N–H and O–H groups in total. The molecule has 14 heavy (non-hydrogen) atoms. The second kappa shape index (κ2) is 4.30. The summed E-state index contributed by atoms with van der Waals surface area (Å²) in [6.07, 6.45) is 2.11. The molecule has 0 bridgehead atoms. The Morgan fingerprint density at radius 1 is 1.36 bits per heavy atom. The molecular formula is C11H12ClNS. The minimum Gasteiger partial charge on any atom is -0.330 e. The van der Waals surface area contributed by atoms with E-state index in [4.69, 9.17) is 17.3 Å². The molecule has 0 amide bonds.